The minimum absolute atomic E-state index is 0. The van der Waals surface area contributed by atoms with Gasteiger partial charge < -0.3 is 36.6 Å². The second kappa shape index (κ2) is 9.16. The van der Waals surface area contributed by atoms with Crippen LogP contribution in [0.25, 0.3) is 0 Å². The van der Waals surface area contributed by atoms with Crippen LogP contribution in [0.5, 0.6) is 5.75 Å². The number of aliphatic hydroxyl groups is 2. The number of rotatable bonds is 6. The van der Waals surface area contributed by atoms with Crippen molar-refractivity contribution in [2.75, 3.05) is 35.7 Å². The molecule has 0 saturated carbocycles. The number of carbonyl (C=O) groups excluding carboxylic acids is 1. The number of amides is 1. The fourth-order valence-corrected chi connectivity index (χ4v) is 2.55. The monoisotopic (exact) mass is 422 g/mol. The number of β-amino-alcohol motifs (C(OH)–C–C–N with tert-alkyl or cyclic N) is 1. The number of hydrogen-bond donors (Lipinski definition) is 6. The van der Waals surface area contributed by atoms with E-state index in [1.54, 1.807) is 26.0 Å². The Balaban J connectivity index is 0.00000300. The van der Waals surface area contributed by atoms with E-state index < -0.39 is 17.6 Å². The quantitative estimate of drug-likeness (QED) is 0.396. The lowest BCUT2D eigenvalue weighted by molar-refractivity contribution is 0.1000. The van der Waals surface area contributed by atoms with Gasteiger partial charge in [0.15, 0.2) is 0 Å². The summed E-state index contributed by atoms with van der Waals surface area (Å²) in [4.78, 5) is 20.1. The third-order valence-electron chi connectivity index (χ3n) is 4.10. The van der Waals surface area contributed by atoms with Gasteiger partial charge in [-0.1, -0.05) is 0 Å². The number of nitrogens with one attached hydrogen (secondary N) is 3. The van der Waals surface area contributed by atoms with E-state index in [0.717, 1.165) is 5.69 Å². The zero-order valence-electron chi connectivity index (χ0n) is 16.2. The topological polar surface area (TPSA) is 155 Å². The lowest BCUT2D eigenvalue weighted by Gasteiger charge is -2.25. The molecule has 0 bridgehead atoms. The smallest absolute Gasteiger partial charge is 0.254 e. The minimum Gasteiger partial charge on any atom is -0.489 e. The molecule has 0 spiro atoms. The van der Waals surface area contributed by atoms with Crippen molar-refractivity contribution in [3.05, 3.63) is 30.0 Å². The number of ether oxygens (including phenoxy) is 1. The highest BCUT2D eigenvalue weighted by molar-refractivity contribution is 7.59. The van der Waals surface area contributed by atoms with Gasteiger partial charge >= 0.3 is 0 Å². The Labute approximate surface area is 175 Å². The molecular formula is C18H26N6O4S. The summed E-state index contributed by atoms with van der Waals surface area (Å²) in [7, 11) is 0. The van der Waals surface area contributed by atoms with Crippen molar-refractivity contribution < 1.29 is 19.7 Å². The first-order valence-corrected chi connectivity index (χ1v) is 8.79. The lowest BCUT2D eigenvalue weighted by Crippen LogP contribution is -2.36. The molecule has 1 aliphatic rings. The Morgan fingerprint density at radius 3 is 2.90 bits per heavy atom. The van der Waals surface area contributed by atoms with Gasteiger partial charge in [-0.2, -0.15) is 18.5 Å². The Hall–Kier alpha value is -2.76. The molecule has 7 N–H and O–H groups in total. The van der Waals surface area contributed by atoms with Crippen LogP contribution in [0.1, 0.15) is 24.2 Å². The number of aromatic nitrogens is 2. The van der Waals surface area contributed by atoms with E-state index in [9.17, 15) is 15.0 Å². The number of nitrogens with two attached hydrogens (primary N) is 1. The Bertz CT molecular complexity index is 879. The van der Waals surface area contributed by atoms with Crippen molar-refractivity contribution in [3.63, 3.8) is 0 Å². The van der Waals surface area contributed by atoms with E-state index in [1.807, 2.05) is 6.07 Å². The number of aliphatic hydroxyl groups excluding tert-OH is 2. The SMILES string of the molecule is CC(C)(CO)Nc1nc(Nc2ccc3c(c2)NC[C@H](O)CO3)ncc1C(N)=O.S. The number of carbonyl (C=O) groups is 1. The van der Waals surface area contributed by atoms with Gasteiger partial charge in [0.25, 0.3) is 5.91 Å². The molecule has 1 amide bonds. The minimum atomic E-state index is -0.706. The zero-order valence-corrected chi connectivity index (χ0v) is 17.2. The van der Waals surface area contributed by atoms with Gasteiger partial charge in [-0.3, -0.25) is 4.79 Å². The summed E-state index contributed by atoms with van der Waals surface area (Å²) in [5, 5.41) is 28.3. The van der Waals surface area contributed by atoms with Crippen molar-refractivity contribution in [1.82, 2.24) is 9.97 Å². The summed E-state index contributed by atoms with van der Waals surface area (Å²) < 4.78 is 5.54. The van der Waals surface area contributed by atoms with Crippen LogP contribution in [0.4, 0.5) is 23.1 Å². The van der Waals surface area contributed by atoms with Crippen LogP contribution < -0.4 is 26.4 Å². The van der Waals surface area contributed by atoms with E-state index >= 15 is 0 Å². The van der Waals surface area contributed by atoms with E-state index in [2.05, 4.69) is 25.9 Å². The van der Waals surface area contributed by atoms with Crippen LogP contribution in [0.3, 0.4) is 0 Å². The largest absolute Gasteiger partial charge is 0.489 e. The van der Waals surface area contributed by atoms with Crippen LogP contribution in [0, 0.1) is 0 Å². The first kappa shape index (κ1) is 22.5. The van der Waals surface area contributed by atoms with Gasteiger partial charge in [-0.15, -0.1) is 0 Å². The predicted octanol–water partition coefficient (Wildman–Crippen LogP) is 0.780. The van der Waals surface area contributed by atoms with Crippen molar-refractivity contribution >= 4 is 42.5 Å². The van der Waals surface area contributed by atoms with Gasteiger partial charge in [-0.05, 0) is 32.0 Å². The second-order valence-corrected chi connectivity index (χ2v) is 7.17. The summed E-state index contributed by atoms with van der Waals surface area (Å²) >= 11 is 0. The summed E-state index contributed by atoms with van der Waals surface area (Å²) in [6.45, 7) is 3.96. The average molecular weight is 423 g/mol. The van der Waals surface area contributed by atoms with E-state index in [4.69, 9.17) is 10.5 Å². The molecular weight excluding hydrogens is 396 g/mol. The molecule has 0 radical (unpaired) electrons. The van der Waals surface area contributed by atoms with Crippen molar-refractivity contribution in [1.29, 1.82) is 0 Å². The molecule has 29 heavy (non-hydrogen) atoms. The highest BCUT2D eigenvalue weighted by Crippen LogP contribution is 2.31. The standard InChI is InChI=1S/C18H24N6O4.H2S/c1-18(2,9-25)24-16-12(15(19)27)7-21-17(23-16)22-10-3-4-14-13(5-10)20-6-11(26)8-28-14;/h3-5,7,11,20,25-26H,6,8-9H2,1-2H3,(H2,19,27)(H2,21,22,23,24);1H2/t11-;/m0./s1. The predicted molar refractivity (Wildman–Crippen MR) is 115 cm³/mol. The zero-order chi connectivity index (χ0) is 20.3. The van der Waals surface area contributed by atoms with Crippen molar-refractivity contribution in [3.8, 4) is 5.75 Å². The van der Waals surface area contributed by atoms with E-state index in [-0.39, 0.29) is 44.0 Å². The number of benzene rings is 1. The maximum Gasteiger partial charge on any atom is 0.254 e. The Morgan fingerprint density at radius 2 is 2.21 bits per heavy atom. The molecule has 10 nitrogen and oxygen atoms in total. The van der Waals surface area contributed by atoms with Crippen LogP contribution in [-0.2, 0) is 0 Å². The van der Waals surface area contributed by atoms with E-state index in [0.29, 0.717) is 18.0 Å². The molecule has 1 aliphatic heterocycles. The molecule has 0 saturated heterocycles. The molecule has 2 aromatic rings. The average Bonchev–Trinajstić information content (AvgIpc) is 2.83. The highest BCUT2D eigenvalue weighted by atomic mass is 32.1. The Kier molecular flexibility index (Phi) is 7.11. The maximum absolute atomic E-state index is 11.7. The third kappa shape index (κ3) is 5.62. The molecule has 1 aromatic heterocycles. The number of anilines is 4. The highest BCUT2D eigenvalue weighted by Gasteiger charge is 2.21. The fraction of sp³-hybridized carbons (Fsp3) is 0.389. The summed E-state index contributed by atoms with van der Waals surface area (Å²) in [5.74, 6) is 0.436. The van der Waals surface area contributed by atoms with E-state index in [1.165, 1.54) is 6.20 Å². The van der Waals surface area contributed by atoms with Crippen LogP contribution in [0.15, 0.2) is 24.4 Å². The van der Waals surface area contributed by atoms with Gasteiger partial charge in [-0.25, -0.2) is 4.98 Å². The molecule has 158 valence electrons. The van der Waals surface area contributed by atoms with Crippen molar-refractivity contribution in [2.45, 2.75) is 25.5 Å². The first-order valence-electron chi connectivity index (χ1n) is 8.79. The molecule has 1 aromatic carbocycles. The van der Waals surface area contributed by atoms with Gasteiger partial charge in [0.2, 0.25) is 5.95 Å². The normalized spacial score (nSPS) is 15.7. The maximum atomic E-state index is 11.7. The Morgan fingerprint density at radius 1 is 1.45 bits per heavy atom. The van der Waals surface area contributed by atoms with Crippen LogP contribution in [0.2, 0.25) is 0 Å². The molecule has 2 heterocycles. The summed E-state index contributed by atoms with van der Waals surface area (Å²) in [6.07, 6.45) is 0.742. The molecule has 3 rings (SSSR count). The van der Waals surface area contributed by atoms with Gasteiger partial charge in [0.05, 0.1) is 23.4 Å². The number of fused-ring (bicyclic) bond motifs is 1. The van der Waals surface area contributed by atoms with Gasteiger partial charge in [0, 0.05) is 18.4 Å². The summed E-state index contributed by atoms with van der Waals surface area (Å²) in [6, 6.07) is 5.37. The molecule has 0 fully saturated rings. The van der Waals surface area contributed by atoms with Crippen LogP contribution in [-0.4, -0.2) is 57.5 Å². The first-order chi connectivity index (χ1) is 13.3. The number of primary amides is 1. The lowest BCUT2D eigenvalue weighted by atomic mass is 10.1. The molecule has 11 heteroatoms. The number of nitrogens with zero attached hydrogens (tertiary/aromatic N) is 2. The molecule has 0 aliphatic carbocycles. The second-order valence-electron chi connectivity index (χ2n) is 7.17. The fourth-order valence-electron chi connectivity index (χ4n) is 2.55. The van der Waals surface area contributed by atoms with Crippen LogP contribution >= 0.6 is 13.5 Å². The van der Waals surface area contributed by atoms with Gasteiger partial charge in [0.1, 0.15) is 24.3 Å². The number of hydrogen-bond acceptors (Lipinski definition) is 9. The summed E-state index contributed by atoms with van der Waals surface area (Å²) in [5.41, 5.74) is 6.23. The van der Waals surface area contributed by atoms with Crippen molar-refractivity contribution in [2.24, 2.45) is 5.73 Å². The third-order valence-corrected chi connectivity index (χ3v) is 4.10. The molecule has 1 atom stereocenters. The molecule has 0 unspecified atom stereocenters.